The smallest absolute Gasteiger partial charge is 0.265 e. The molecule has 0 radical (unpaired) electrons. The molecule has 2 amide bonds. The van der Waals surface area contributed by atoms with Crippen molar-refractivity contribution in [3.05, 3.63) is 54.1 Å². The van der Waals surface area contributed by atoms with E-state index < -0.39 is 6.10 Å². The highest BCUT2D eigenvalue weighted by Crippen LogP contribution is 2.33. The maximum absolute atomic E-state index is 12.9. The van der Waals surface area contributed by atoms with Gasteiger partial charge in [-0.15, -0.1) is 11.8 Å². The Hall–Kier alpha value is -2.47. The zero-order valence-electron chi connectivity index (χ0n) is 15.1. The second kappa shape index (κ2) is 7.83. The number of fused-ring (bicyclic) bond motifs is 1. The van der Waals surface area contributed by atoms with E-state index in [1.54, 1.807) is 34.7 Å². The molecule has 0 aromatic heterocycles. The predicted octanol–water partition coefficient (Wildman–Crippen LogP) is 3.18. The van der Waals surface area contributed by atoms with Crippen molar-refractivity contribution in [1.82, 2.24) is 4.90 Å². The fraction of sp³-hybridized carbons (Fsp3) is 0.300. The van der Waals surface area contributed by atoms with E-state index in [9.17, 15) is 9.59 Å². The van der Waals surface area contributed by atoms with Gasteiger partial charge in [-0.2, -0.15) is 0 Å². The van der Waals surface area contributed by atoms with E-state index in [-0.39, 0.29) is 18.4 Å². The molecule has 0 saturated carbocycles. The van der Waals surface area contributed by atoms with E-state index in [4.69, 9.17) is 4.74 Å². The lowest BCUT2D eigenvalue weighted by atomic mass is 10.1. The first-order valence-corrected chi connectivity index (χ1v) is 9.63. The summed E-state index contributed by atoms with van der Waals surface area (Å²) < 4.78 is 5.88. The second-order valence-corrected chi connectivity index (χ2v) is 7.13. The lowest BCUT2D eigenvalue weighted by Crippen LogP contribution is -2.50. The number of para-hydroxylation sites is 2. The summed E-state index contributed by atoms with van der Waals surface area (Å²) in [5.41, 5.74) is 1.76. The standard InChI is InChI=1S/C20H22N2O3S/c1-14(23)22-13-19(25-18-7-5-4-6-17(18)22)20(24)21(2)12-15-8-10-16(26-3)11-9-15/h4-11,19H,12-13H2,1-3H3. The van der Waals surface area contributed by atoms with Crippen LogP contribution in [0.1, 0.15) is 12.5 Å². The number of amides is 2. The zero-order chi connectivity index (χ0) is 18.7. The first kappa shape index (κ1) is 18.3. The van der Waals surface area contributed by atoms with Crippen molar-refractivity contribution >= 4 is 29.3 Å². The van der Waals surface area contributed by atoms with Crippen molar-refractivity contribution in [2.75, 3.05) is 24.7 Å². The third-order valence-corrected chi connectivity index (χ3v) is 5.13. The summed E-state index contributed by atoms with van der Waals surface area (Å²) in [7, 11) is 1.76. The molecule has 2 aromatic carbocycles. The van der Waals surface area contributed by atoms with Gasteiger partial charge in [0.15, 0.2) is 6.10 Å². The molecule has 1 unspecified atom stereocenters. The van der Waals surface area contributed by atoms with Gasteiger partial charge in [-0.25, -0.2) is 0 Å². The molecule has 0 fully saturated rings. The third kappa shape index (κ3) is 3.85. The summed E-state index contributed by atoms with van der Waals surface area (Å²) in [6.07, 6.45) is 1.33. The Morgan fingerprint density at radius 2 is 1.88 bits per heavy atom. The van der Waals surface area contributed by atoms with Gasteiger partial charge in [0.05, 0.1) is 12.2 Å². The number of carbonyl (C=O) groups excluding carboxylic acids is 2. The first-order valence-electron chi connectivity index (χ1n) is 8.41. The Morgan fingerprint density at radius 1 is 1.19 bits per heavy atom. The molecule has 0 bridgehead atoms. The molecule has 0 N–H and O–H groups in total. The van der Waals surface area contributed by atoms with Crippen LogP contribution in [0.3, 0.4) is 0 Å². The van der Waals surface area contributed by atoms with Crippen LogP contribution in [0.5, 0.6) is 5.75 Å². The van der Waals surface area contributed by atoms with Gasteiger partial charge in [0.25, 0.3) is 5.91 Å². The Morgan fingerprint density at radius 3 is 2.54 bits per heavy atom. The number of rotatable bonds is 4. The maximum Gasteiger partial charge on any atom is 0.265 e. The van der Waals surface area contributed by atoms with Gasteiger partial charge < -0.3 is 14.5 Å². The van der Waals surface area contributed by atoms with E-state index >= 15 is 0 Å². The van der Waals surface area contributed by atoms with Crippen molar-refractivity contribution in [3.63, 3.8) is 0 Å². The van der Waals surface area contributed by atoms with Crippen LogP contribution in [0.2, 0.25) is 0 Å². The minimum absolute atomic E-state index is 0.103. The Labute approximate surface area is 157 Å². The molecule has 136 valence electrons. The molecule has 3 rings (SSSR count). The van der Waals surface area contributed by atoms with E-state index in [0.717, 1.165) is 5.56 Å². The fourth-order valence-corrected chi connectivity index (χ4v) is 3.40. The molecule has 5 nitrogen and oxygen atoms in total. The number of nitrogens with zero attached hydrogens (tertiary/aromatic N) is 2. The molecule has 0 spiro atoms. The van der Waals surface area contributed by atoms with Crippen molar-refractivity contribution < 1.29 is 14.3 Å². The lowest BCUT2D eigenvalue weighted by molar-refractivity contribution is -0.138. The number of hydrogen-bond acceptors (Lipinski definition) is 4. The number of carbonyl (C=O) groups is 2. The van der Waals surface area contributed by atoms with Gasteiger partial charge in [-0.1, -0.05) is 24.3 Å². The maximum atomic E-state index is 12.9. The highest BCUT2D eigenvalue weighted by Gasteiger charge is 2.34. The minimum atomic E-state index is -0.704. The molecule has 26 heavy (non-hydrogen) atoms. The van der Waals surface area contributed by atoms with Gasteiger partial charge in [0.1, 0.15) is 5.75 Å². The summed E-state index contributed by atoms with van der Waals surface area (Å²) in [5, 5.41) is 0. The van der Waals surface area contributed by atoms with Crippen LogP contribution >= 0.6 is 11.8 Å². The van der Waals surface area contributed by atoms with Gasteiger partial charge >= 0.3 is 0 Å². The van der Waals surface area contributed by atoms with Crippen LogP contribution in [0.15, 0.2) is 53.4 Å². The molecule has 1 aliphatic rings. The molecule has 0 saturated heterocycles. The molecule has 2 aromatic rings. The van der Waals surface area contributed by atoms with Crippen LogP contribution < -0.4 is 9.64 Å². The molecule has 6 heteroatoms. The zero-order valence-corrected chi connectivity index (χ0v) is 16.0. The first-order chi connectivity index (χ1) is 12.5. The van der Waals surface area contributed by atoms with Crippen molar-refractivity contribution in [1.29, 1.82) is 0 Å². The van der Waals surface area contributed by atoms with Crippen molar-refractivity contribution in [2.24, 2.45) is 0 Å². The predicted molar refractivity (Wildman–Crippen MR) is 104 cm³/mol. The largest absolute Gasteiger partial charge is 0.476 e. The molecule has 0 aliphatic carbocycles. The summed E-state index contributed by atoms with van der Waals surface area (Å²) >= 11 is 1.68. The normalized spacial score (nSPS) is 15.8. The van der Waals surface area contributed by atoms with Crippen LogP contribution in [-0.2, 0) is 16.1 Å². The minimum Gasteiger partial charge on any atom is -0.476 e. The SMILES string of the molecule is CSc1ccc(CN(C)C(=O)C2CN(C(C)=O)c3ccccc3O2)cc1. The Kier molecular flexibility index (Phi) is 5.52. The number of hydrogen-bond donors (Lipinski definition) is 0. The van der Waals surface area contributed by atoms with E-state index in [0.29, 0.717) is 18.0 Å². The number of benzene rings is 2. The Bertz CT molecular complexity index is 807. The summed E-state index contributed by atoms with van der Waals surface area (Å²) in [5.74, 6) is 0.318. The lowest BCUT2D eigenvalue weighted by Gasteiger charge is -2.35. The van der Waals surface area contributed by atoms with Gasteiger partial charge in [0, 0.05) is 25.4 Å². The van der Waals surface area contributed by atoms with E-state index in [2.05, 4.69) is 0 Å². The molecule has 1 heterocycles. The van der Waals surface area contributed by atoms with Gasteiger partial charge in [0.2, 0.25) is 5.91 Å². The van der Waals surface area contributed by atoms with Gasteiger partial charge in [-0.05, 0) is 36.1 Å². The highest BCUT2D eigenvalue weighted by molar-refractivity contribution is 7.98. The summed E-state index contributed by atoms with van der Waals surface area (Å²) in [4.78, 5) is 29.3. The van der Waals surface area contributed by atoms with Crippen LogP contribution in [0.4, 0.5) is 5.69 Å². The summed E-state index contributed by atoms with van der Waals surface area (Å²) in [6, 6.07) is 15.4. The van der Waals surface area contributed by atoms with Crippen LogP contribution in [0.25, 0.3) is 0 Å². The molecular formula is C20H22N2O3S. The average Bonchev–Trinajstić information content (AvgIpc) is 2.66. The highest BCUT2D eigenvalue weighted by atomic mass is 32.2. The topological polar surface area (TPSA) is 49.9 Å². The van der Waals surface area contributed by atoms with Crippen molar-refractivity contribution in [2.45, 2.75) is 24.5 Å². The number of ether oxygens (including phenoxy) is 1. The van der Waals surface area contributed by atoms with Crippen molar-refractivity contribution in [3.8, 4) is 5.75 Å². The number of likely N-dealkylation sites (N-methyl/N-ethyl adjacent to an activating group) is 1. The van der Waals surface area contributed by atoms with Gasteiger partial charge in [-0.3, -0.25) is 9.59 Å². The van der Waals surface area contributed by atoms with E-state index in [1.165, 1.54) is 11.8 Å². The fourth-order valence-electron chi connectivity index (χ4n) is 2.99. The second-order valence-electron chi connectivity index (χ2n) is 6.25. The quantitative estimate of drug-likeness (QED) is 0.776. The van der Waals surface area contributed by atoms with E-state index in [1.807, 2.05) is 48.7 Å². The molecule has 1 atom stereocenters. The monoisotopic (exact) mass is 370 g/mol. The molecule has 1 aliphatic heterocycles. The third-order valence-electron chi connectivity index (χ3n) is 4.38. The number of anilines is 1. The van der Waals surface area contributed by atoms with Crippen LogP contribution in [0, 0.1) is 0 Å². The van der Waals surface area contributed by atoms with Crippen LogP contribution in [-0.4, -0.2) is 42.7 Å². The average molecular weight is 370 g/mol. The molecular weight excluding hydrogens is 348 g/mol. The summed E-state index contributed by atoms with van der Waals surface area (Å²) in [6.45, 7) is 2.22. The number of thioether (sulfide) groups is 1. The Balaban J connectivity index is 1.73.